The Morgan fingerprint density at radius 2 is 1.94 bits per heavy atom. The quantitative estimate of drug-likeness (QED) is 0.567. The summed E-state index contributed by atoms with van der Waals surface area (Å²) >= 11 is 5.42. The molecule has 17 heavy (non-hydrogen) atoms. The van der Waals surface area contributed by atoms with E-state index in [4.69, 9.17) is 17.3 Å². The Morgan fingerprint density at radius 1 is 1.29 bits per heavy atom. The third kappa shape index (κ3) is 4.57. The monoisotopic (exact) mass is 255 g/mol. The van der Waals surface area contributed by atoms with Crippen molar-refractivity contribution in [1.29, 1.82) is 0 Å². The van der Waals surface area contributed by atoms with Gasteiger partial charge in [0, 0.05) is 11.4 Å². The van der Waals surface area contributed by atoms with E-state index in [-0.39, 0.29) is 11.5 Å². The molecule has 1 fully saturated rings. The van der Waals surface area contributed by atoms with E-state index in [1.165, 1.54) is 12.1 Å². The van der Waals surface area contributed by atoms with Crippen molar-refractivity contribution in [3.8, 4) is 0 Å². The minimum atomic E-state index is -0.470. The van der Waals surface area contributed by atoms with Crippen molar-refractivity contribution in [2.45, 2.75) is 25.7 Å². The predicted molar refractivity (Wildman–Crippen MR) is 68.4 cm³/mol. The highest BCUT2D eigenvalue weighted by Crippen LogP contribution is 2.17. The highest BCUT2D eigenvalue weighted by atomic mass is 35.5. The number of nitrogens with two attached hydrogens (primary N) is 1. The molecule has 0 unspecified atom stereocenters. The normalized spacial score (nSPS) is 15.2. The van der Waals surface area contributed by atoms with Crippen molar-refractivity contribution in [3.63, 3.8) is 0 Å². The standard InChI is InChI=1S/C7H10O.C6H5ClFN/c1-6-4-2-3-5-7(6)8;7-4-1-2-6(9)5(8)3-4/h1-5H2;1-3H,9H2. The summed E-state index contributed by atoms with van der Waals surface area (Å²) in [6.45, 7) is 3.65. The molecule has 0 amide bonds. The molecular weight excluding hydrogens is 241 g/mol. The fraction of sp³-hybridized carbons (Fsp3) is 0.308. The van der Waals surface area contributed by atoms with Crippen LogP contribution in [0.25, 0.3) is 0 Å². The summed E-state index contributed by atoms with van der Waals surface area (Å²) in [5.41, 5.74) is 6.11. The summed E-state index contributed by atoms with van der Waals surface area (Å²) in [7, 11) is 0. The second-order valence-corrected chi connectivity index (χ2v) is 4.34. The van der Waals surface area contributed by atoms with Gasteiger partial charge in [-0.15, -0.1) is 0 Å². The molecule has 2 N–H and O–H groups in total. The molecule has 2 nitrogen and oxygen atoms in total. The largest absolute Gasteiger partial charge is 0.396 e. The Labute approximate surface area is 105 Å². The van der Waals surface area contributed by atoms with Gasteiger partial charge in [-0.2, -0.15) is 0 Å². The summed E-state index contributed by atoms with van der Waals surface area (Å²) < 4.78 is 12.4. The summed E-state index contributed by atoms with van der Waals surface area (Å²) in [6.07, 6.45) is 3.89. The van der Waals surface area contributed by atoms with Crippen molar-refractivity contribution < 1.29 is 9.18 Å². The van der Waals surface area contributed by atoms with Gasteiger partial charge in [-0.3, -0.25) is 4.79 Å². The van der Waals surface area contributed by atoms with E-state index in [1.807, 2.05) is 0 Å². The number of halogens is 2. The van der Waals surface area contributed by atoms with Crippen LogP contribution in [0, 0.1) is 5.82 Å². The van der Waals surface area contributed by atoms with Crippen LogP contribution in [0.3, 0.4) is 0 Å². The zero-order valence-corrected chi connectivity index (χ0v) is 10.3. The molecule has 0 aliphatic heterocycles. The number of carbonyl (C=O) groups is 1. The van der Waals surface area contributed by atoms with Gasteiger partial charge in [0.25, 0.3) is 0 Å². The molecule has 0 heterocycles. The van der Waals surface area contributed by atoms with Crippen molar-refractivity contribution >= 4 is 23.1 Å². The lowest BCUT2D eigenvalue weighted by atomic mass is 9.95. The Kier molecular flexibility index (Phi) is 5.16. The first-order chi connectivity index (χ1) is 8.00. The van der Waals surface area contributed by atoms with Crippen molar-refractivity contribution in [1.82, 2.24) is 0 Å². The van der Waals surface area contributed by atoms with Gasteiger partial charge in [-0.25, -0.2) is 4.39 Å². The molecule has 1 aliphatic carbocycles. The number of nitrogen functional groups attached to an aromatic ring is 1. The Hall–Kier alpha value is -1.35. The van der Waals surface area contributed by atoms with Crippen molar-refractivity contribution in [2.24, 2.45) is 0 Å². The van der Waals surface area contributed by atoms with E-state index in [1.54, 1.807) is 6.07 Å². The van der Waals surface area contributed by atoms with Gasteiger partial charge in [0.1, 0.15) is 5.82 Å². The summed E-state index contributed by atoms with van der Waals surface area (Å²) in [5, 5.41) is 0.363. The fourth-order valence-electron chi connectivity index (χ4n) is 1.44. The number of allylic oxidation sites excluding steroid dienone is 1. The number of rotatable bonds is 0. The number of carbonyl (C=O) groups excluding carboxylic acids is 1. The number of hydrogen-bond acceptors (Lipinski definition) is 2. The van der Waals surface area contributed by atoms with Crippen LogP contribution in [0.4, 0.5) is 10.1 Å². The van der Waals surface area contributed by atoms with Gasteiger partial charge in [0.2, 0.25) is 0 Å². The molecular formula is C13H15ClFNO. The topological polar surface area (TPSA) is 43.1 Å². The van der Waals surface area contributed by atoms with E-state index >= 15 is 0 Å². The van der Waals surface area contributed by atoms with Crippen LogP contribution in [0.2, 0.25) is 5.02 Å². The third-order valence-corrected chi connectivity index (χ3v) is 2.72. The Morgan fingerprint density at radius 3 is 2.35 bits per heavy atom. The molecule has 1 aliphatic rings. The van der Waals surface area contributed by atoms with Gasteiger partial charge < -0.3 is 5.73 Å². The maximum absolute atomic E-state index is 12.4. The second-order valence-electron chi connectivity index (χ2n) is 3.90. The molecule has 0 saturated heterocycles. The van der Waals surface area contributed by atoms with E-state index < -0.39 is 5.82 Å². The molecule has 0 radical (unpaired) electrons. The summed E-state index contributed by atoms with van der Waals surface area (Å²) in [5.74, 6) is -0.196. The van der Waals surface area contributed by atoms with Crippen LogP contribution in [-0.4, -0.2) is 5.78 Å². The third-order valence-electron chi connectivity index (χ3n) is 2.49. The number of ketones is 1. The average Bonchev–Trinajstić information content (AvgIpc) is 2.29. The van der Waals surface area contributed by atoms with Crippen LogP contribution in [0.15, 0.2) is 30.4 Å². The number of benzene rings is 1. The smallest absolute Gasteiger partial charge is 0.158 e. The molecule has 1 aromatic carbocycles. The van der Waals surface area contributed by atoms with Crippen LogP contribution >= 0.6 is 11.6 Å². The number of anilines is 1. The van der Waals surface area contributed by atoms with Gasteiger partial charge >= 0.3 is 0 Å². The SMILES string of the molecule is C=C1CCCCC1=O.Nc1ccc(Cl)cc1F. The van der Waals surface area contributed by atoms with Crippen LogP contribution in [-0.2, 0) is 4.79 Å². The lowest BCUT2D eigenvalue weighted by Crippen LogP contribution is -2.06. The predicted octanol–water partition coefficient (Wildman–Crippen LogP) is 3.75. The van der Waals surface area contributed by atoms with Gasteiger partial charge in [-0.05, 0) is 43.0 Å². The molecule has 92 valence electrons. The van der Waals surface area contributed by atoms with Crippen LogP contribution in [0.5, 0.6) is 0 Å². The molecule has 1 aromatic rings. The van der Waals surface area contributed by atoms with E-state index in [0.29, 0.717) is 5.02 Å². The zero-order chi connectivity index (χ0) is 12.8. The van der Waals surface area contributed by atoms with Crippen LogP contribution < -0.4 is 5.73 Å². The zero-order valence-electron chi connectivity index (χ0n) is 9.51. The molecule has 0 bridgehead atoms. The van der Waals surface area contributed by atoms with Crippen molar-refractivity contribution in [2.75, 3.05) is 5.73 Å². The van der Waals surface area contributed by atoms with Crippen molar-refractivity contribution in [3.05, 3.63) is 41.2 Å². The van der Waals surface area contributed by atoms with E-state index in [2.05, 4.69) is 6.58 Å². The number of hydrogen-bond donors (Lipinski definition) is 1. The molecule has 1 saturated carbocycles. The summed E-state index contributed by atoms with van der Waals surface area (Å²) in [6, 6.07) is 4.15. The Bertz CT molecular complexity index is 415. The first-order valence-electron chi connectivity index (χ1n) is 5.42. The van der Waals surface area contributed by atoms with Gasteiger partial charge in [-0.1, -0.05) is 18.2 Å². The Balaban J connectivity index is 0.000000171. The lowest BCUT2D eigenvalue weighted by molar-refractivity contribution is -0.116. The van der Waals surface area contributed by atoms with E-state index in [0.717, 1.165) is 31.3 Å². The minimum Gasteiger partial charge on any atom is -0.396 e. The van der Waals surface area contributed by atoms with E-state index in [9.17, 15) is 9.18 Å². The van der Waals surface area contributed by atoms with Gasteiger partial charge in [0.05, 0.1) is 5.69 Å². The molecule has 0 spiro atoms. The first-order valence-corrected chi connectivity index (χ1v) is 5.80. The highest BCUT2D eigenvalue weighted by molar-refractivity contribution is 6.30. The lowest BCUT2D eigenvalue weighted by Gasteiger charge is -2.09. The second kappa shape index (κ2) is 6.40. The summed E-state index contributed by atoms with van der Waals surface area (Å²) in [4.78, 5) is 10.7. The highest BCUT2D eigenvalue weighted by Gasteiger charge is 2.11. The molecule has 4 heteroatoms. The fourth-order valence-corrected chi connectivity index (χ4v) is 1.60. The maximum atomic E-state index is 12.4. The van der Waals surface area contributed by atoms with Gasteiger partial charge in [0.15, 0.2) is 5.78 Å². The molecule has 2 rings (SSSR count). The molecule has 0 aromatic heterocycles. The maximum Gasteiger partial charge on any atom is 0.158 e. The van der Waals surface area contributed by atoms with Crippen LogP contribution in [0.1, 0.15) is 25.7 Å². The first kappa shape index (κ1) is 13.7. The minimum absolute atomic E-state index is 0.124. The number of Topliss-reactive ketones (excluding diaryl/α,β-unsaturated/α-hetero) is 1. The average molecular weight is 256 g/mol. The molecule has 0 atom stereocenters.